The third-order valence-corrected chi connectivity index (χ3v) is 3.72. The van der Waals surface area contributed by atoms with Crippen LogP contribution in [0.4, 0.5) is 0 Å². The number of aryl methyl sites for hydroxylation is 1. The maximum atomic E-state index is 5.72. The van der Waals surface area contributed by atoms with Gasteiger partial charge in [0.05, 0.1) is 19.3 Å². The fraction of sp³-hybridized carbons (Fsp3) is 0.611. The molecular weight excluding hydrogens is 290 g/mol. The zero-order valence-electron chi connectivity index (χ0n) is 14.3. The van der Waals surface area contributed by atoms with Gasteiger partial charge in [0, 0.05) is 19.7 Å². The molecule has 2 N–H and O–H groups in total. The van der Waals surface area contributed by atoms with E-state index in [0.29, 0.717) is 6.61 Å². The minimum Gasteiger partial charge on any atom is -0.494 e. The van der Waals surface area contributed by atoms with Crippen LogP contribution in [0.15, 0.2) is 29.3 Å². The lowest BCUT2D eigenvalue weighted by molar-refractivity contribution is 0.117. The Morgan fingerprint density at radius 1 is 1.30 bits per heavy atom. The van der Waals surface area contributed by atoms with Crippen LogP contribution in [0.3, 0.4) is 0 Å². The Morgan fingerprint density at radius 2 is 2.13 bits per heavy atom. The van der Waals surface area contributed by atoms with E-state index in [0.717, 1.165) is 57.2 Å². The lowest BCUT2D eigenvalue weighted by Gasteiger charge is -2.13. The average Bonchev–Trinajstić information content (AvgIpc) is 3.07. The molecule has 0 spiro atoms. The fourth-order valence-electron chi connectivity index (χ4n) is 2.43. The molecule has 0 amide bonds. The first kappa shape index (κ1) is 17.6. The van der Waals surface area contributed by atoms with Crippen LogP contribution < -0.4 is 15.4 Å². The molecule has 128 valence electrons. The average molecular weight is 319 g/mol. The monoisotopic (exact) mass is 319 g/mol. The lowest BCUT2D eigenvalue weighted by Crippen LogP contribution is -2.38. The largest absolute Gasteiger partial charge is 0.494 e. The molecule has 1 aromatic carbocycles. The smallest absolute Gasteiger partial charge is 0.191 e. The Bertz CT molecular complexity index is 468. The number of guanidine groups is 1. The van der Waals surface area contributed by atoms with Crippen molar-refractivity contribution >= 4 is 5.96 Å². The summed E-state index contributed by atoms with van der Waals surface area (Å²) in [6.45, 7) is 8.15. The van der Waals surface area contributed by atoms with Gasteiger partial charge in [-0.3, -0.25) is 4.99 Å². The molecule has 1 aliphatic rings. The second-order valence-corrected chi connectivity index (χ2v) is 5.80. The normalized spacial score (nSPS) is 18.0. The zero-order chi connectivity index (χ0) is 16.3. The number of ether oxygens (including phenoxy) is 2. The number of hydrogen-bond donors (Lipinski definition) is 2. The summed E-state index contributed by atoms with van der Waals surface area (Å²) in [4.78, 5) is 4.59. The molecule has 1 unspecified atom stereocenters. The van der Waals surface area contributed by atoms with Crippen LogP contribution >= 0.6 is 0 Å². The summed E-state index contributed by atoms with van der Waals surface area (Å²) < 4.78 is 11.3. The van der Waals surface area contributed by atoms with E-state index in [-0.39, 0.29) is 6.10 Å². The summed E-state index contributed by atoms with van der Waals surface area (Å²) in [5.74, 6) is 1.79. The molecule has 5 heteroatoms. The fourth-order valence-corrected chi connectivity index (χ4v) is 2.43. The van der Waals surface area contributed by atoms with Crippen molar-refractivity contribution in [3.8, 4) is 5.75 Å². The SMILES string of the molecule is CCNC(=NCC1CCCO1)NCCCOc1ccc(C)cc1. The van der Waals surface area contributed by atoms with E-state index in [1.165, 1.54) is 5.56 Å². The topological polar surface area (TPSA) is 54.9 Å². The Labute approximate surface area is 139 Å². The molecule has 0 aromatic heterocycles. The molecule has 1 fully saturated rings. The minimum absolute atomic E-state index is 0.287. The molecule has 2 rings (SSSR count). The highest BCUT2D eigenvalue weighted by molar-refractivity contribution is 5.79. The van der Waals surface area contributed by atoms with Crippen molar-refractivity contribution in [2.75, 3.05) is 32.8 Å². The van der Waals surface area contributed by atoms with Crippen molar-refractivity contribution in [2.45, 2.75) is 39.2 Å². The van der Waals surface area contributed by atoms with Crippen molar-refractivity contribution in [1.29, 1.82) is 0 Å². The number of hydrogen-bond acceptors (Lipinski definition) is 3. The van der Waals surface area contributed by atoms with E-state index >= 15 is 0 Å². The van der Waals surface area contributed by atoms with Gasteiger partial charge < -0.3 is 20.1 Å². The first-order valence-corrected chi connectivity index (χ1v) is 8.61. The number of nitrogens with zero attached hydrogens (tertiary/aromatic N) is 1. The Hall–Kier alpha value is -1.75. The molecule has 0 radical (unpaired) electrons. The van der Waals surface area contributed by atoms with E-state index in [1.54, 1.807) is 0 Å². The number of aliphatic imine (C=N–C) groups is 1. The van der Waals surface area contributed by atoms with Crippen LogP contribution in [0.5, 0.6) is 5.75 Å². The number of nitrogens with one attached hydrogen (secondary N) is 2. The van der Waals surface area contributed by atoms with Gasteiger partial charge in [-0.05, 0) is 45.2 Å². The maximum Gasteiger partial charge on any atom is 0.191 e. The van der Waals surface area contributed by atoms with Gasteiger partial charge in [0.2, 0.25) is 0 Å². The molecular formula is C18H29N3O2. The van der Waals surface area contributed by atoms with Crippen molar-refractivity contribution in [1.82, 2.24) is 10.6 Å². The van der Waals surface area contributed by atoms with E-state index in [9.17, 15) is 0 Å². The van der Waals surface area contributed by atoms with Crippen LogP contribution in [0.2, 0.25) is 0 Å². The second-order valence-electron chi connectivity index (χ2n) is 5.80. The molecule has 1 saturated heterocycles. The molecule has 0 bridgehead atoms. The summed E-state index contributed by atoms with van der Waals surface area (Å²) in [6.07, 6.45) is 3.49. The third kappa shape index (κ3) is 6.91. The van der Waals surface area contributed by atoms with Gasteiger partial charge in [0.1, 0.15) is 5.75 Å². The summed E-state index contributed by atoms with van der Waals surface area (Å²) in [5.41, 5.74) is 1.25. The predicted molar refractivity (Wildman–Crippen MR) is 94.2 cm³/mol. The predicted octanol–water partition coefficient (Wildman–Crippen LogP) is 2.50. The van der Waals surface area contributed by atoms with Crippen LogP contribution in [0.25, 0.3) is 0 Å². The highest BCUT2D eigenvalue weighted by atomic mass is 16.5. The molecule has 5 nitrogen and oxygen atoms in total. The first-order chi connectivity index (χ1) is 11.3. The van der Waals surface area contributed by atoms with Crippen LogP contribution in [0.1, 0.15) is 31.7 Å². The quantitative estimate of drug-likeness (QED) is 0.439. The van der Waals surface area contributed by atoms with Gasteiger partial charge in [-0.2, -0.15) is 0 Å². The lowest BCUT2D eigenvalue weighted by atomic mass is 10.2. The van der Waals surface area contributed by atoms with Gasteiger partial charge in [0.25, 0.3) is 0 Å². The summed E-state index contributed by atoms with van der Waals surface area (Å²) >= 11 is 0. The Balaban J connectivity index is 1.63. The van der Waals surface area contributed by atoms with E-state index < -0.39 is 0 Å². The minimum atomic E-state index is 0.287. The molecule has 23 heavy (non-hydrogen) atoms. The van der Waals surface area contributed by atoms with Crippen LogP contribution in [-0.2, 0) is 4.74 Å². The molecule has 0 aliphatic carbocycles. The van der Waals surface area contributed by atoms with Gasteiger partial charge in [-0.15, -0.1) is 0 Å². The second kappa shape index (κ2) is 10.1. The van der Waals surface area contributed by atoms with Crippen LogP contribution in [0, 0.1) is 6.92 Å². The number of rotatable bonds is 8. The third-order valence-electron chi connectivity index (χ3n) is 3.72. The first-order valence-electron chi connectivity index (χ1n) is 8.61. The Kier molecular flexibility index (Phi) is 7.73. The standard InChI is InChI=1S/C18H29N3O2/c1-3-19-18(21-14-17-6-4-12-23-17)20-11-5-13-22-16-9-7-15(2)8-10-16/h7-10,17H,3-6,11-14H2,1-2H3,(H2,19,20,21). The van der Waals surface area contributed by atoms with Gasteiger partial charge in [-0.1, -0.05) is 17.7 Å². The Morgan fingerprint density at radius 3 is 2.83 bits per heavy atom. The maximum absolute atomic E-state index is 5.72. The van der Waals surface area contributed by atoms with E-state index in [2.05, 4.69) is 41.6 Å². The molecule has 1 aliphatic heterocycles. The van der Waals surface area contributed by atoms with Gasteiger partial charge in [-0.25, -0.2) is 0 Å². The van der Waals surface area contributed by atoms with Gasteiger partial charge in [0.15, 0.2) is 5.96 Å². The molecule has 1 atom stereocenters. The summed E-state index contributed by atoms with van der Waals surface area (Å²) in [7, 11) is 0. The van der Waals surface area contributed by atoms with Crippen molar-refractivity contribution in [2.24, 2.45) is 4.99 Å². The highest BCUT2D eigenvalue weighted by Gasteiger charge is 2.14. The van der Waals surface area contributed by atoms with E-state index in [1.807, 2.05) is 12.1 Å². The summed E-state index contributed by atoms with van der Waals surface area (Å²) in [5, 5.41) is 6.61. The summed E-state index contributed by atoms with van der Waals surface area (Å²) in [6, 6.07) is 8.15. The van der Waals surface area contributed by atoms with Crippen molar-refractivity contribution in [3.63, 3.8) is 0 Å². The number of benzene rings is 1. The van der Waals surface area contributed by atoms with Crippen molar-refractivity contribution in [3.05, 3.63) is 29.8 Å². The van der Waals surface area contributed by atoms with Gasteiger partial charge >= 0.3 is 0 Å². The molecule has 0 saturated carbocycles. The molecule has 1 heterocycles. The van der Waals surface area contributed by atoms with Crippen LogP contribution in [-0.4, -0.2) is 44.9 Å². The van der Waals surface area contributed by atoms with E-state index in [4.69, 9.17) is 9.47 Å². The van der Waals surface area contributed by atoms with Crippen molar-refractivity contribution < 1.29 is 9.47 Å². The molecule has 1 aromatic rings. The zero-order valence-corrected chi connectivity index (χ0v) is 14.3. The highest BCUT2D eigenvalue weighted by Crippen LogP contribution is 2.12.